The van der Waals surface area contributed by atoms with Crippen molar-refractivity contribution in [3.8, 4) is 0 Å². The van der Waals surface area contributed by atoms with E-state index in [1.165, 1.54) is 18.4 Å². The van der Waals surface area contributed by atoms with Gasteiger partial charge in [0.15, 0.2) is 0 Å². The molecule has 0 aromatic carbocycles. The SMILES string of the molecule is C=CC/N=C/CC(C)CCC=C(C)C. The standard InChI is InChI=1S/C13H23N/c1-5-10-14-11-9-13(4)8-6-7-12(2)3/h5,7,11,13H,1,6,8-10H2,2-4H3/b14-11+. The molecule has 0 saturated carbocycles. The molecule has 1 heteroatoms. The number of nitrogens with zero attached hydrogens (tertiary/aromatic N) is 1. The third kappa shape index (κ3) is 9.24. The lowest BCUT2D eigenvalue weighted by Gasteiger charge is -2.05. The van der Waals surface area contributed by atoms with Gasteiger partial charge >= 0.3 is 0 Å². The maximum Gasteiger partial charge on any atom is 0.0563 e. The van der Waals surface area contributed by atoms with Crippen molar-refractivity contribution in [1.29, 1.82) is 0 Å². The first-order valence-corrected chi connectivity index (χ1v) is 5.39. The van der Waals surface area contributed by atoms with Crippen molar-refractivity contribution >= 4 is 6.21 Å². The minimum absolute atomic E-state index is 0.735. The molecule has 0 amide bonds. The van der Waals surface area contributed by atoms with Crippen LogP contribution in [0.25, 0.3) is 0 Å². The van der Waals surface area contributed by atoms with E-state index in [2.05, 4.69) is 38.4 Å². The predicted molar refractivity (Wildman–Crippen MR) is 66.0 cm³/mol. The van der Waals surface area contributed by atoms with Gasteiger partial charge in [-0.3, -0.25) is 4.99 Å². The average Bonchev–Trinajstić information content (AvgIpc) is 2.12. The molecular weight excluding hydrogens is 170 g/mol. The van der Waals surface area contributed by atoms with Gasteiger partial charge in [0.1, 0.15) is 0 Å². The first kappa shape index (κ1) is 13.2. The minimum Gasteiger partial charge on any atom is -0.293 e. The second kappa shape index (κ2) is 8.74. The van der Waals surface area contributed by atoms with Crippen LogP contribution >= 0.6 is 0 Å². The van der Waals surface area contributed by atoms with Crippen molar-refractivity contribution in [3.05, 3.63) is 24.3 Å². The van der Waals surface area contributed by atoms with Crippen molar-refractivity contribution in [1.82, 2.24) is 0 Å². The van der Waals surface area contributed by atoms with Crippen LogP contribution in [0.15, 0.2) is 29.3 Å². The summed E-state index contributed by atoms with van der Waals surface area (Å²) in [7, 11) is 0. The van der Waals surface area contributed by atoms with Gasteiger partial charge in [-0.2, -0.15) is 0 Å². The molecule has 0 rings (SSSR count). The molecule has 0 aliphatic rings. The Morgan fingerprint density at radius 3 is 2.71 bits per heavy atom. The normalized spacial score (nSPS) is 12.8. The Balaban J connectivity index is 3.50. The van der Waals surface area contributed by atoms with Gasteiger partial charge in [0.25, 0.3) is 0 Å². The molecule has 0 aliphatic carbocycles. The van der Waals surface area contributed by atoms with E-state index in [1.807, 2.05) is 12.3 Å². The summed E-state index contributed by atoms with van der Waals surface area (Å²) in [4.78, 5) is 4.21. The molecule has 0 aromatic rings. The molecule has 0 bridgehead atoms. The fourth-order valence-corrected chi connectivity index (χ4v) is 1.18. The molecule has 0 spiro atoms. The second-order valence-corrected chi connectivity index (χ2v) is 4.04. The summed E-state index contributed by atoms with van der Waals surface area (Å²) in [6.07, 6.45) is 9.69. The van der Waals surface area contributed by atoms with Gasteiger partial charge in [-0.15, -0.1) is 6.58 Å². The van der Waals surface area contributed by atoms with E-state index >= 15 is 0 Å². The highest BCUT2D eigenvalue weighted by atomic mass is 14.7. The van der Waals surface area contributed by atoms with Crippen molar-refractivity contribution in [2.75, 3.05) is 6.54 Å². The van der Waals surface area contributed by atoms with Crippen molar-refractivity contribution in [2.24, 2.45) is 10.9 Å². The van der Waals surface area contributed by atoms with E-state index in [4.69, 9.17) is 0 Å². The van der Waals surface area contributed by atoms with E-state index in [9.17, 15) is 0 Å². The molecule has 0 radical (unpaired) electrons. The number of hydrogen-bond donors (Lipinski definition) is 0. The highest BCUT2D eigenvalue weighted by Gasteiger charge is 1.97. The molecule has 0 aliphatic heterocycles. The summed E-state index contributed by atoms with van der Waals surface area (Å²) in [5, 5.41) is 0. The van der Waals surface area contributed by atoms with Crippen molar-refractivity contribution in [2.45, 2.75) is 40.0 Å². The van der Waals surface area contributed by atoms with E-state index in [1.54, 1.807) is 0 Å². The molecular formula is C13H23N. The zero-order valence-electron chi connectivity index (χ0n) is 9.79. The maximum absolute atomic E-state index is 4.21. The fraction of sp³-hybridized carbons (Fsp3) is 0.615. The zero-order chi connectivity index (χ0) is 10.8. The number of aliphatic imine (C=N–C) groups is 1. The molecule has 14 heavy (non-hydrogen) atoms. The summed E-state index contributed by atoms with van der Waals surface area (Å²) in [5.41, 5.74) is 1.41. The van der Waals surface area contributed by atoms with Crippen molar-refractivity contribution < 1.29 is 0 Å². The topological polar surface area (TPSA) is 12.4 Å². The number of allylic oxidation sites excluding steroid dienone is 2. The van der Waals surface area contributed by atoms with Crippen LogP contribution in [-0.2, 0) is 0 Å². The van der Waals surface area contributed by atoms with Crippen LogP contribution in [0.5, 0.6) is 0 Å². The fourth-order valence-electron chi connectivity index (χ4n) is 1.18. The minimum atomic E-state index is 0.735. The quantitative estimate of drug-likeness (QED) is 0.428. The maximum atomic E-state index is 4.21. The molecule has 1 unspecified atom stereocenters. The third-order valence-corrected chi connectivity index (χ3v) is 2.08. The van der Waals surface area contributed by atoms with Gasteiger partial charge in [0.2, 0.25) is 0 Å². The Morgan fingerprint density at radius 1 is 1.43 bits per heavy atom. The van der Waals surface area contributed by atoms with Gasteiger partial charge in [-0.25, -0.2) is 0 Å². The molecule has 0 aromatic heterocycles. The number of rotatable bonds is 7. The highest BCUT2D eigenvalue weighted by molar-refractivity contribution is 5.57. The lowest BCUT2D eigenvalue weighted by Crippen LogP contribution is -1.95. The first-order chi connectivity index (χ1) is 6.66. The monoisotopic (exact) mass is 193 g/mol. The summed E-state index contributed by atoms with van der Waals surface area (Å²) >= 11 is 0. The molecule has 80 valence electrons. The summed E-state index contributed by atoms with van der Waals surface area (Å²) in [6.45, 7) is 11.0. The van der Waals surface area contributed by atoms with Crippen LogP contribution in [0.1, 0.15) is 40.0 Å². The summed E-state index contributed by atoms with van der Waals surface area (Å²) < 4.78 is 0. The van der Waals surface area contributed by atoms with Gasteiger partial charge in [0.05, 0.1) is 6.54 Å². The molecule has 1 atom stereocenters. The van der Waals surface area contributed by atoms with E-state index in [0.717, 1.165) is 18.9 Å². The van der Waals surface area contributed by atoms with Crippen LogP contribution in [-0.4, -0.2) is 12.8 Å². The molecule has 0 fully saturated rings. The van der Waals surface area contributed by atoms with Gasteiger partial charge in [-0.1, -0.05) is 24.6 Å². The van der Waals surface area contributed by atoms with E-state index < -0.39 is 0 Å². The molecule has 0 N–H and O–H groups in total. The third-order valence-electron chi connectivity index (χ3n) is 2.08. The number of hydrogen-bond acceptors (Lipinski definition) is 1. The van der Waals surface area contributed by atoms with Crippen LogP contribution < -0.4 is 0 Å². The highest BCUT2D eigenvalue weighted by Crippen LogP contribution is 2.10. The van der Waals surface area contributed by atoms with E-state index in [0.29, 0.717) is 0 Å². The largest absolute Gasteiger partial charge is 0.293 e. The van der Waals surface area contributed by atoms with Crippen LogP contribution in [0.4, 0.5) is 0 Å². The molecule has 0 heterocycles. The molecule has 1 nitrogen and oxygen atoms in total. The average molecular weight is 193 g/mol. The lowest BCUT2D eigenvalue weighted by atomic mass is 10.0. The molecule has 0 saturated heterocycles. The van der Waals surface area contributed by atoms with Crippen LogP contribution in [0.2, 0.25) is 0 Å². The second-order valence-electron chi connectivity index (χ2n) is 4.04. The zero-order valence-corrected chi connectivity index (χ0v) is 9.79. The van der Waals surface area contributed by atoms with Gasteiger partial charge < -0.3 is 0 Å². The van der Waals surface area contributed by atoms with Crippen LogP contribution in [0, 0.1) is 5.92 Å². The van der Waals surface area contributed by atoms with Crippen LogP contribution in [0.3, 0.4) is 0 Å². The summed E-state index contributed by atoms with van der Waals surface area (Å²) in [5.74, 6) is 0.735. The van der Waals surface area contributed by atoms with Gasteiger partial charge in [0, 0.05) is 0 Å². The Kier molecular flexibility index (Phi) is 8.20. The Hall–Kier alpha value is -0.850. The first-order valence-electron chi connectivity index (χ1n) is 5.39. The van der Waals surface area contributed by atoms with Crippen molar-refractivity contribution in [3.63, 3.8) is 0 Å². The van der Waals surface area contributed by atoms with E-state index in [-0.39, 0.29) is 0 Å². The Morgan fingerprint density at radius 2 is 2.14 bits per heavy atom. The van der Waals surface area contributed by atoms with Gasteiger partial charge in [-0.05, 0) is 45.2 Å². The Labute approximate surface area is 88.6 Å². The Bertz CT molecular complexity index is 197. The predicted octanol–water partition coefficient (Wildman–Crippen LogP) is 4.02. The lowest BCUT2D eigenvalue weighted by molar-refractivity contribution is 0.563. The smallest absolute Gasteiger partial charge is 0.0563 e. The summed E-state index contributed by atoms with van der Waals surface area (Å²) in [6, 6.07) is 0.